The Morgan fingerprint density at radius 2 is 1.85 bits per heavy atom. The smallest absolute Gasteiger partial charge is 0.331 e. The van der Waals surface area contributed by atoms with Crippen LogP contribution in [0.3, 0.4) is 0 Å². The second-order valence-electron chi connectivity index (χ2n) is 10.1. The number of hydrogen-bond donors (Lipinski definition) is 1. The molecular formula is C27H42N2O10. The van der Waals surface area contributed by atoms with Crippen molar-refractivity contribution in [1.82, 2.24) is 10.3 Å². The monoisotopic (exact) mass is 554 g/mol. The molecule has 0 bridgehead atoms. The topological polar surface area (TPSA) is 141 Å². The highest BCUT2D eigenvalue weighted by Crippen LogP contribution is 2.29. The van der Waals surface area contributed by atoms with Crippen LogP contribution in [0.2, 0.25) is 0 Å². The number of pyridine rings is 1. The molecule has 2 heterocycles. The Hall–Kier alpha value is -2.96. The standard InChI is InChI=1S/C27H42N2O10/c1-16(2)12-35-22-9-11-34-14-20(27(32)39-18(5)24(22)36-13-17(3)4)29-26(31)23-25(38-15-37-19(6)30)21(33-7)8-10-28-23/h8,10,16-18,20,22,24H,9,11-15H2,1-7H3,(H,29,31)/t18-,20-,22+,24-/m0/s1. The average molecular weight is 555 g/mol. The molecule has 1 fully saturated rings. The van der Waals surface area contributed by atoms with E-state index in [1.807, 2.05) is 13.8 Å². The van der Waals surface area contributed by atoms with Crippen LogP contribution in [0.5, 0.6) is 11.5 Å². The van der Waals surface area contributed by atoms with Gasteiger partial charge < -0.3 is 38.5 Å². The Balaban J connectivity index is 2.20. The number of esters is 2. The van der Waals surface area contributed by atoms with Crippen molar-refractivity contribution < 1.29 is 47.5 Å². The van der Waals surface area contributed by atoms with Gasteiger partial charge in [-0.3, -0.25) is 9.59 Å². The third kappa shape index (κ3) is 10.6. The summed E-state index contributed by atoms with van der Waals surface area (Å²) in [6, 6.07) is 0.352. The van der Waals surface area contributed by atoms with Crippen LogP contribution in [0.4, 0.5) is 0 Å². The molecule has 0 radical (unpaired) electrons. The molecule has 1 aliphatic heterocycles. The van der Waals surface area contributed by atoms with Gasteiger partial charge >= 0.3 is 11.9 Å². The maximum atomic E-state index is 13.2. The second kappa shape index (κ2) is 16.2. The van der Waals surface area contributed by atoms with E-state index in [1.54, 1.807) is 6.92 Å². The lowest BCUT2D eigenvalue weighted by atomic mass is 10.0. The van der Waals surface area contributed by atoms with E-state index in [0.29, 0.717) is 25.6 Å². The van der Waals surface area contributed by atoms with Gasteiger partial charge in [-0.2, -0.15) is 0 Å². The van der Waals surface area contributed by atoms with Crippen molar-refractivity contribution in [3.8, 4) is 11.5 Å². The van der Waals surface area contributed by atoms with E-state index in [-0.39, 0.29) is 42.4 Å². The van der Waals surface area contributed by atoms with Crippen LogP contribution < -0.4 is 14.8 Å². The van der Waals surface area contributed by atoms with Crippen LogP contribution in [-0.4, -0.2) is 87.5 Å². The van der Waals surface area contributed by atoms with Gasteiger partial charge in [0, 0.05) is 39.0 Å². The van der Waals surface area contributed by atoms with E-state index in [2.05, 4.69) is 24.1 Å². The van der Waals surface area contributed by atoms with Crippen LogP contribution in [0.1, 0.15) is 58.5 Å². The molecule has 1 aliphatic rings. The number of rotatable bonds is 12. The van der Waals surface area contributed by atoms with Crippen molar-refractivity contribution in [2.45, 2.75) is 72.3 Å². The maximum absolute atomic E-state index is 13.2. The summed E-state index contributed by atoms with van der Waals surface area (Å²) in [6.45, 7) is 11.8. The molecule has 0 saturated carbocycles. The number of carbonyl (C=O) groups is 3. The number of cyclic esters (lactones) is 1. The van der Waals surface area contributed by atoms with Gasteiger partial charge in [-0.1, -0.05) is 27.7 Å². The predicted molar refractivity (Wildman–Crippen MR) is 139 cm³/mol. The van der Waals surface area contributed by atoms with E-state index < -0.39 is 42.9 Å². The number of aromatic nitrogens is 1. The van der Waals surface area contributed by atoms with Crippen molar-refractivity contribution in [1.29, 1.82) is 0 Å². The van der Waals surface area contributed by atoms with Gasteiger partial charge in [-0.15, -0.1) is 0 Å². The Morgan fingerprint density at radius 3 is 2.49 bits per heavy atom. The molecule has 1 N–H and O–H groups in total. The number of nitrogens with one attached hydrogen (secondary N) is 1. The molecule has 0 unspecified atom stereocenters. The molecule has 39 heavy (non-hydrogen) atoms. The molecule has 1 aromatic rings. The van der Waals surface area contributed by atoms with Crippen LogP contribution in [0.25, 0.3) is 0 Å². The normalized spacial score (nSPS) is 22.2. The predicted octanol–water partition coefficient (Wildman–Crippen LogP) is 2.52. The zero-order valence-electron chi connectivity index (χ0n) is 23.9. The molecular weight excluding hydrogens is 512 g/mol. The fourth-order valence-electron chi connectivity index (χ4n) is 3.70. The summed E-state index contributed by atoms with van der Waals surface area (Å²) in [5.74, 6) is -1.25. The maximum Gasteiger partial charge on any atom is 0.331 e. The minimum atomic E-state index is -1.13. The highest BCUT2D eigenvalue weighted by atomic mass is 16.7. The summed E-state index contributed by atoms with van der Waals surface area (Å²) < 4.78 is 39.3. The first kappa shape index (κ1) is 32.3. The summed E-state index contributed by atoms with van der Waals surface area (Å²) >= 11 is 0. The van der Waals surface area contributed by atoms with Crippen molar-refractivity contribution in [2.24, 2.45) is 11.8 Å². The van der Waals surface area contributed by atoms with E-state index in [1.165, 1.54) is 26.3 Å². The summed E-state index contributed by atoms with van der Waals surface area (Å²) in [4.78, 5) is 41.6. The van der Waals surface area contributed by atoms with Crippen LogP contribution in [-0.2, 0) is 33.3 Å². The number of methoxy groups -OCH3 is 1. The minimum Gasteiger partial charge on any atom is -0.493 e. The zero-order valence-corrected chi connectivity index (χ0v) is 23.9. The molecule has 220 valence electrons. The lowest BCUT2D eigenvalue weighted by Gasteiger charge is -2.34. The molecule has 12 nitrogen and oxygen atoms in total. The third-order valence-corrected chi connectivity index (χ3v) is 5.59. The van der Waals surface area contributed by atoms with E-state index >= 15 is 0 Å². The van der Waals surface area contributed by atoms with E-state index in [0.717, 1.165) is 0 Å². The molecule has 1 amide bonds. The molecule has 1 saturated heterocycles. The SMILES string of the molecule is COc1ccnc(C(=O)N[C@H]2COCC[C@@H](OCC(C)C)[C@@H](OCC(C)C)[C@H](C)OC2=O)c1OCOC(C)=O. The van der Waals surface area contributed by atoms with E-state index in [4.69, 9.17) is 33.2 Å². The summed E-state index contributed by atoms with van der Waals surface area (Å²) in [6.07, 6.45) is 0.366. The van der Waals surface area contributed by atoms with Gasteiger partial charge in [-0.05, 0) is 25.2 Å². The number of ether oxygens (including phenoxy) is 7. The van der Waals surface area contributed by atoms with Crippen molar-refractivity contribution in [3.63, 3.8) is 0 Å². The highest BCUT2D eigenvalue weighted by Gasteiger charge is 2.35. The van der Waals surface area contributed by atoms with Crippen LogP contribution >= 0.6 is 0 Å². The number of nitrogens with zero attached hydrogens (tertiary/aromatic N) is 1. The Kier molecular flexibility index (Phi) is 13.4. The molecule has 0 spiro atoms. The summed E-state index contributed by atoms with van der Waals surface area (Å²) in [7, 11) is 1.39. The quantitative estimate of drug-likeness (QED) is 0.301. The fourth-order valence-corrected chi connectivity index (χ4v) is 3.70. The highest BCUT2D eigenvalue weighted by molar-refractivity contribution is 5.98. The van der Waals surface area contributed by atoms with Gasteiger partial charge in [0.2, 0.25) is 6.79 Å². The van der Waals surface area contributed by atoms with Crippen LogP contribution in [0.15, 0.2) is 12.3 Å². The van der Waals surface area contributed by atoms with Crippen LogP contribution in [0, 0.1) is 11.8 Å². The fraction of sp³-hybridized carbons (Fsp3) is 0.704. The molecule has 0 aliphatic carbocycles. The Bertz CT molecular complexity index is 939. The lowest BCUT2D eigenvalue weighted by molar-refractivity contribution is -0.177. The number of hydrogen-bond acceptors (Lipinski definition) is 11. The minimum absolute atomic E-state index is 0.0476. The number of amides is 1. The Morgan fingerprint density at radius 1 is 1.15 bits per heavy atom. The van der Waals surface area contributed by atoms with Crippen molar-refractivity contribution in [3.05, 3.63) is 18.0 Å². The molecule has 12 heteroatoms. The molecule has 2 rings (SSSR count). The summed E-state index contributed by atoms with van der Waals surface area (Å²) in [5, 5.41) is 2.61. The van der Waals surface area contributed by atoms with Gasteiger partial charge in [0.15, 0.2) is 23.2 Å². The lowest BCUT2D eigenvalue weighted by Crippen LogP contribution is -2.50. The van der Waals surface area contributed by atoms with Crippen molar-refractivity contribution >= 4 is 17.8 Å². The average Bonchev–Trinajstić information content (AvgIpc) is 2.87. The van der Waals surface area contributed by atoms with E-state index in [9.17, 15) is 14.4 Å². The second-order valence-corrected chi connectivity index (χ2v) is 10.1. The molecule has 4 atom stereocenters. The van der Waals surface area contributed by atoms with Crippen molar-refractivity contribution in [2.75, 3.05) is 40.3 Å². The first-order chi connectivity index (χ1) is 18.5. The zero-order chi connectivity index (χ0) is 28.9. The van der Waals surface area contributed by atoms with Gasteiger partial charge in [0.1, 0.15) is 12.2 Å². The van der Waals surface area contributed by atoms with Gasteiger partial charge in [0.05, 0.1) is 19.8 Å². The first-order valence-electron chi connectivity index (χ1n) is 13.1. The van der Waals surface area contributed by atoms with Gasteiger partial charge in [-0.25, -0.2) is 9.78 Å². The third-order valence-electron chi connectivity index (χ3n) is 5.59. The molecule has 0 aromatic carbocycles. The Labute approximate surface area is 230 Å². The first-order valence-corrected chi connectivity index (χ1v) is 13.1. The summed E-state index contributed by atoms with van der Waals surface area (Å²) in [5.41, 5.74) is -0.167. The molecule has 1 aromatic heterocycles. The number of carbonyl (C=O) groups excluding carboxylic acids is 3. The van der Waals surface area contributed by atoms with Gasteiger partial charge in [0.25, 0.3) is 5.91 Å². The largest absolute Gasteiger partial charge is 0.493 e.